The standard InChI is InChI=1S/C12H10BrClN2O/c13-7-3-9-11(16-5-8(17)6-16)1-2-15-12(9)10(14)4-7/h1-4,8,17H,5-6H2. The van der Waals surface area contributed by atoms with Gasteiger partial charge in [0.1, 0.15) is 0 Å². The Morgan fingerprint density at radius 3 is 2.88 bits per heavy atom. The number of rotatable bonds is 1. The summed E-state index contributed by atoms with van der Waals surface area (Å²) in [7, 11) is 0. The third kappa shape index (κ3) is 1.90. The number of hydrogen-bond donors (Lipinski definition) is 1. The highest BCUT2D eigenvalue weighted by Gasteiger charge is 2.26. The lowest BCUT2D eigenvalue weighted by molar-refractivity contribution is 0.142. The predicted octanol–water partition coefficient (Wildman–Crippen LogP) is 2.83. The van der Waals surface area contributed by atoms with E-state index in [9.17, 15) is 5.11 Å². The van der Waals surface area contributed by atoms with Gasteiger partial charge >= 0.3 is 0 Å². The second-order valence-corrected chi connectivity index (χ2v) is 5.50. The second kappa shape index (κ2) is 4.12. The van der Waals surface area contributed by atoms with Crippen molar-refractivity contribution in [1.29, 1.82) is 0 Å². The molecule has 3 nitrogen and oxygen atoms in total. The molecule has 0 radical (unpaired) electrons. The van der Waals surface area contributed by atoms with Gasteiger partial charge in [-0.2, -0.15) is 0 Å². The van der Waals surface area contributed by atoms with Gasteiger partial charge < -0.3 is 10.0 Å². The fourth-order valence-electron chi connectivity index (χ4n) is 2.09. The first-order valence-electron chi connectivity index (χ1n) is 5.32. The molecule has 1 aliphatic heterocycles. The normalized spacial score (nSPS) is 16.3. The molecular formula is C12H10BrClN2O. The van der Waals surface area contributed by atoms with E-state index in [0.29, 0.717) is 18.1 Å². The van der Waals surface area contributed by atoms with Crippen LogP contribution in [0.15, 0.2) is 28.9 Å². The van der Waals surface area contributed by atoms with Crippen LogP contribution in [0.2, 0.25) is 5.02 Å². The van der Waals surface area contributed by atoms with Crippen molar-refractivity contribution in [1.82, 2.24) is 4.98 Å². The Balaban J connectivity index is 2.18. The summed E-state index contributed by atoms with van der Waals surface area (Å²) in [6, 6.07) is 5.80. The van der Waals surface area contributed by atoms with Gasteiger partial charge in [-0.15, -0.1) is 0 Å². The molecule has 1 saturated heterocycles. The van der Waals surface area contributed by atoms with Crippen LogP contribution in [0.4, 0.5) is 5.69 Å². The molecule has 3 rings (SSSR count). The molecule has 1 N–H and O–H groups in total. The number of aliphatic hydroxyl groups excluding tert-OH is 1. The highest BCUT2D eigenvalue weighted by atomic mass is 79.9. The molecule has 0 atom stereocenters. The maximum Gasteiger partial charge on any atom is 0.0909 e. The molecule has 17 heavy (non-hydrogen) atoms. The number of aliphatic hydroxyl groups is 1. The van der Waals surface area contributed by atoms with Crippen LogP contribution in [-0.4, -0.2) is 29.3 Å². The van der Waals surface area contributed by atoms with Crippen molar-refractivity contribution in [2.45, 2.75) is 6.10 Å². The van der Waals surface area contributed by atoms with Gasteiger partial charge in [0.15, 0.2) is 0 Å². The van der Waals surface area contributed by atoms with Crippen molar-refractivity contribution in [2.75, 3.05) is 18.0 Å². The van der Waals surface area contributed by atoms with Gasteiger partial charge in [-0.3, -0.25) is 4.98 Å². The molecule has 1 aromatic carbocycles. The second-order valence-electron chi connectivity index (χ2n) is 4.17. The first-order chi connectivity index (χ1) is 8.15. The van der Waals surface area contributed by atoms with E-state index in [1.54, 1.807) is 6.20 Å². The molecule has 1 aromatic heterocycles. The molecular weight excluding hydrogens is 304 g/mol. The van der Waals surface area contributed by atoms with Crippen LogP contribution in [0.25, 0.3) is 10.9 Å². The van der Waals surface area contributed by atoms with Crippen molar-refractivity contribution < 1.29 is 5.11 Å². The van der Waals surface area contributed by atoms with Crippen LogP contribution in [0.3, 0.4) is 0 Å². The molecule has 88 valence electrons. The quantitative estimate of drug-likeness (QED) is 0.879. The minimum Gasteiger partial charge on any atom is -0.389 e. The van der Waals surface area contributed by atoms with E-state index in [4.69, 9.17) is 11.6 Å². The van der Waals surface area contributed by atoms with Gasteiger partial charge in [-0.1, -0.05) is 27.5 Å². The van der Waals surface area contributed by atoms with E-state index in [1.807, 2.05) is 18.2 Å². The van der Waals surface area contributed by atoms with Gasteiger partial charge in [-0.25, -0.2) is 0 Å². The topological polar surface area (TPSA) is 36.4 Å². The lowest BCUT2D eigenvalue weighted by Crippen LogP contribution is -2.50. The number of anilines is 1. The van der Waals surface area contributed by atoms with Gasteiger partial charge in [0.25, 0.3) is 0 Å². The molecule has 2 aromatic rings. The summed E-state index contributed by atoms with van der Waals surface area (Å²) in [5.74, 6) is 0. The predicted molar refractivity (Wildman–Crippen MR) is 72.7 cm³/mol. The van der Waals surface area contributed by atoms with E-state index < -0.39 is 0 Å². The third-order valence-corrected chi connectivity index (χ3v) is 3.69. The minimum atomic E-state index is -0.221. The van der Waals surface area contributed by atoms with E-state index >= 15 is 0 Å². The van der Waals surface area contributed by atoms with Crippen molar-refractivity contribution in [3.8, 4) is 0 Å². The summed E-state index contributed by atoms with van der Waals surface area (Å²) in [5.41, 5.74) is 1.87. The summed E-state index contributed by atoms with van der Waals surface area (Å²) in [5, 5.41) is 11.0. The first kappa shape index (κ1) is 11.3. The zero-order valence-electron chi connectivity index (χ0n) is 8.90. The van der Waals surface area contributed by atoms with Gasteiger partial charge in [0, 0.05) is 34.8 Å². The highest BCUT2D eigenvalue weighted by Crippen LogP contribution is 2.34. The maximum atomic E-state index is 9.37. The van der Waals surface area contributed by atoms with E-state index in [0.717, 1.165) is 21.1 Å². The largest absolute Gasteiger partial charge is 0.389 e. The average Bonchev–Trinajstić information content (AvgIpc) is 2.24. The minimum absolute atomic E-state index is 0.221. The fourth-order valence-corrected chi connectivity index (χ4v) is 2.95. The molecule has 0 amide bonds. The van der Waals surface area contributed by atoms with Gasteiger partial charge in [0.05, 0.1) is 16.6 Å². The van der Waals surface area contributed by atoms with E-state index in [-0.39, 0.29) is 6.10 Å². The molecule has 1 fully saturated rings. The van der Waals surface area contributed by atoms with Crippen LogP contribution in [0.5, 0.6) is 0 Å². The van der Waals surface area contributed by atoms with E-state index in [2.05, 4.69) is 25.8 Å². The Morgan fingerprint density at radius 2 is 2.18 bits per heavy atom. The van der Waals surface area contributed by atoms with Crippen molar-refractivity contribution in [3.63, 3.8) is 0 Å². The number of halogens is 2. The molecule has 0 aliphatic carbocycles. The van der Waals surface area contributed by atoms with Crippen molar-refractivity contribution in [2.24, 2.45) is 0 Å². The summed E-state index contributed by atoms with van der Waals surface area (Å²) < 4.78 is 0.935. The monoisotopic (exact) mass is 312 g/mol. The Labute approximate surface area is 112 Å². The van der Waals surface area contributed by atoms with Crippen LogP contribution >= 0.6 is 27.5 Å². The molecule has 0 unspecified atom stereocenters. The molecule has 1 aliphatic rings. The number of pyridine rings is 1. The Kier molecular flexibility index (Phi) is 2.73. The molecule has 2 heterocycles. The smallest absolute Gasteiger partial charge is 0.0909 e. The lowest BCUT2D eigenvalue weighted by atomic mass is 10.1. The summed E-state index contributed by atoms with van der Waals surface area (Å²) >= 11 is 9.61. The van der Waals surface area contributed by atoms with Crippen molar-refractivity contribution >= 4 is 44.1 Å². The summed E-state index contributed by atoms with van der Waals surface area (Å²) in [6.45, 7) is 1.34. The van der Waals surface area contributed by atoms with Crippen LogP contribution < -0.4 is 4.90 Å². The third-order valence-electron chi connectivity index (χ3n) is 2.94. The van der Waals surface area contributed by atoms with Crippen LogP contribution in [0, 0.1) is 0 Å². The Hall–Kier alpha value is -0.840. The number of hydrogen-bond acceptors (Lipinski definition) is 3. The zero-order chi connectivity index (χ0) is 12.0. The molecule has 0 bridgehead atoms. The van der Waals surface area contributed by atoms with E-state index in [1.165, 1.54) is 0 Å². The summed E-state index contributed by atoms with van der Waals surface area (Å²) in [6.07, 6.45) is 1.53. The molecule has 5 heteroatoms. The number of fused-ring (bicyclic) bond motifs is 1. The highest BCUT2D eigenvalue weighted by molar-refractivity contribution is 9.10. The SMILES string of the molecule is OC1CN(c2ccnc3c(Cl)cc(Br)cc23)C1. The molecule has 0 spiro atoms. The van der Waals surface area contributed by atoms with Gasteiger partial charge in [-0.05, 0) is 18.2 Å². The van der Waals surface area contributed by atoms with Crippen molar-refractivity contribution in [3.05, 3.63) is 33.9 Å². The first-order valence-corrected chi connectivity index (χ1v) is 6.49. The summed E-state index contributed by atoms with van der Waals surface area (Å²) in [4.78, 5) is 6.42. The lowest BCUT2D eigenvalue weighted by Gasteiger charge is -2.38. The number of β-amino-alcohol motifs (C(OH)–C–C–N with tert-alkyl or cyclic N) is 1. The van der Waals surface area contributed by atoms with Crippen LogP contribution in [0.1, 0.15) is 0 Å². The van der Waals surface area contributed by atoms with Crippen LogP contribution in [-0.2, 0) is 0 Å². The number of benzene rings is 1. The number of aromatic nitrogens is 1. The zero-order valence-corrected chi connectivity index (χ0v) is 11.2. The fraction of sp³-hybridized carbons (Fsp3) is 0.250. The average molecular weight is 314 g/mol. The maximum absolute atomic E-state index is 9.37. The van der Waals surface area contributed by atoms with Gasteiger partial charge in [0.2, 0.25) is 0 Å². The Morgan fingerprint density at radius 1 is 1.41 bits per heavy atom. The molecule has 0 saturated carbocycles. The number of nitrogens with zero attached hydrogens (tertiary/aromatic N) is 2. The Bertz CT molecular complexity index is 584.